The Bertz CT molecular complexity index is 502. The van der Waals surface area contributed by atoms with Gasteiger partial charge in [-0.25, -0.2) is 4.68 Å². The molecule has 2 aromatic rings. The maximum atomic E-state index is 4.14. The molecule has 1 N–H and O–H groups in total. The summed E-state index contributed by atoms with van der Waals surface area (Å²) in [7, 11) is 1.90. The zero-order valence-corrected chi connectivity index (χ0v) is 10.6. The van der Waals surface area contributed by atoms with Crippen molar-refractivity contribution in [2.45, 2.75) is 26.8 Å². The molecule has 90 valence electrons. The van der Waals surface area contributed by atoms with E-state index >= 15 is 0 Å². The second-order valence-corrected chi connectivity index (χ2v) is 4.15. The normalized spacial score (nSPS) is 10.8. The lowest BCUT2D eigenvalue weighted by molar-refractivity contribution is 0.766. The third kappa shape index (κ3) is 2.53. The first kappa shape index (κ1) is 11.8. The molecule has 0 aliphatic rings. The lowest BCUT2D eigenvalue weighted by atomic mass is 10.1. The van der Waals surface area contributed by atoms with E-state index in [0.29, 0.717) is 0 Å². The number of nitrogens with zero attached hydrogens (tertiary/aromatic N) is 3. The Kier molecular flexibility index (Phi) is 3.54. The molecule has 0 unspecified atom stereocenters. The lowest BCUT2D eigenvalue weighted by Gasteiger charge is -2.06. The molecule has 0 atom stereocenters. The van der Waals surface area contributed by atoms with Crippen LogP contribution in [-0.4, -0.2) is 22.0 Å². The third-order valence-corrected chi connectivity index (χ3v) is 2.88. The van der Waals surface area contributed by atoms with Gasteiger partial charge in [0.15, 0.2) is 0 Å². The number of rotatable bonds is 4. The highest BCUT2D eigenvalue weighted by molar-refractivity contribution is 5.39. The smallest absolute Gasteiger partial charge is 0.0969 e. The number of aromatic nitrogens is 3. The monoisotopic (exact) mass is 230 g/mol. The molecule has 2 rings (SSSR count). The zero-order valence-electron chi connectivity index (χ0n) is 10.6. The van der Waals surface area contributed by atoms with Gasteiger partial charge >= 0.3 is 0 Å². The summed E-state index contributed by atoms with van der Waals surface area (Å²) < 4.78 is 1.82. The Labute approximate surface area is 102 Å². The number of hydrogen-bond acceptors (Lipinski definition) is 3. The molecule has 0 spiro atoms. The molecule has 0 aliphatic heterocycles. The van der Waals surface area contributed by atoms with Gasteiger partial charge in [-0.3, -0.25) is 0 Å². The van der Waals surface area contributed by atoms with Crippen LogP contribution in [0.3, 0.4) is 0 Å². The standard InChI is InChI=1S/C13H18N4/c1-4-11-7-13(6-5-10(11)2)17-9-12(8-14-3)15-16-17/h5-7,9,14H,4,8H2,1-3H3. The molecule has 4 nitrogen and oxygen atoms in total. The van der Waals surface area contributed by atoms with Crippen LogP contribution in [0, 0.1) is 6.92 Å². The van der Waals surface area contributed by atoms with E-state index in [2.05, 4.69) is 47.7 Å². The van der Waals surface area contributed by atoms with Crippen molar-refractivity contribution in [1.82, 2.24) is 20.3 Å². The van der Waals surface area contributed by atoms with Crippen LogP contribution in [0.2, 0.25) is 0 Å². The average Bonchev–Trinajstić information content (AvgIpc) is 2.79. The Morgan fingerprint density at radius 3 is 2.88 bits per heavy atom. The molecule has 4 heteroatoms. The molecular formula is C13H18N4. The van der Waals surface area contributed by atoms with Gasteiger partial charge in [-0.15, -0.1) is 5.10 Å². The largest absolute Gasteiger partial charge is 0.314 e. The van der Waals surface area contributed by atoms with Crippen LogP contribution in [0.25, 0.3) is 5.69 Å². The summed E-state index contributed by atoms with van der Waals surface area (Å²) in [4.78, 5) is 0. The second kappa shape index (κ2) is 5.10. The van der Waals surface area contributed by atoms with E-state index in [9.17, 15) is 0 Å². The SMILES string of the molecule is CCc1cc(-n2cc(CNC)nn2)ccc1C. The van der Waals surface area contributed by atoms with E-state index in [-0.39, 0.29) is 0 Å². The molecule has 0 saturated heterocycles. The first-order valence-electron chi connectivity index (χ1n) is 5.90. The van der Waals surface area contributed by atoms with Crippen LogP contribution in [0.4, 0.5) is 0 Å². The highest BCUT2D eigenvalue weighted by Gasteiger charge is 2.04. The summed E-state index contributed by atoms with van der Waals surface area (Å²) >= 11 is 0. The van der Waals surface area contributed by atoms with Crippen LogP contribution in [0.15, 0.2) is 24.4 Å². The van der Waals surface area contributed by atoms with E-state index in [1.54, 1.807) is 0 Å². The van der Waals surface area contributed by atoms with Gasteiger partial charge in [0.25, 0.3) is 0 Å². The lowest BCUT2D eigenvalue weighted by Crippen LogP contribution is -2.05. The highest BCUT2D eigenvalue weighted by Crippen LogP contribution is 2.14. The van der Waals surface area contributed by atoms with Crippen molar-refractivity contribution in [3.63, 3.8) is 0 Å². The molecule has 1 aromatic heterocycles. The first-order valence-corrected chi connectivity index (χ1v) is 5.90. The molecule has 0 aliphatic carbocycles. The Balaban J connectivity index is 2.32. The Hall–Kier alpha value is -1.68. The minimum Gasteiger partial charge on any atom is -0.314 e. The topological polar surface area (TPSA) is 42.7 Å². The molecule has 0 saturated carbocycles. The molecule has 17 heavy (non-hydrogen) atoms. The molecule has 0 bridgehead atoms. The molecule has 0 amide bonds. The Morgan fingerprint density at radius 1 is 1.35 bits per heavy atom. The minimum absolute atomic E-state index is 0.743. The molecule has 0 radical (unpaired) electrons. The van der Waals surface area contributed by atoms with Crippen molar-refractivity contribution in [2.75, 3.05) is 7.05 Å². The van der Waals surface area contributed by atoms with Gasteiger partial charge in [-0.05, 0) is 43.7 Å². The van der Waals surface area contributed by atoms with Crippen LogP contribution >= 0.6 is 0 Å². The van der Waals surface area contributed by atoms with Crippen molar-refractivity contribution >= 4 is 0 Å². The number of benzene rings is 1. The zero-order chi connectivity index (χ0) is 12.3. The van der Waals surface area contributed by atoms with Gasteiger partial charge in [0.05, 0.1) is 17.6 Å². The average molecular weight is 230 g/mol. The van der Waals surface area contributed by atoms with Crippen LogP contribution < -0.4 is 5.32 Å². The summed E-state index contributed by atoms with van der Waals surface area (Å²) in [5.74, 6) is 0. The maximum absolute atomic E-state index is 4.14. The summed E-state index contributed by atoms with van der Waals surface area (Å²) in [6.07, 6.45) is 3.00. The molecular weight excluding hydrogens is 212 g/mol. The Morgan fingerprint density at radius 2 is 2.18 bits per heavy atom. The van der Waals surface area contributed by atoms with Gasteiger partial charge in [0, 0.05) is 6.54 Å². The van der Waals surface area contributed by atoms with Crippen LogP contribution in [-0.2, 0) is 13.0 Å². The number of aryl methyl sites for hydroxylation is 2. The third-order valence-electron chi connectivity index (χ3n) is 2.88. The predicted molar refractivity (Wildman–Crippen MR) is 68.2 cm³/mol. The fourth-order valence-corrected chi connectivity index (χ4v) is 1.87. The van der Waals surface area contributed by atoms with Gasteiger partial charge in [0.2, 0.25) is 0 Å². The van der Waals surface area contributed by atoms with Gasteiger partial charge in [-0.1, -0.05) is 18.2 Å². The summed E-state index contributed by atoms with van der Waals surface area (Å²) in [5, 5.41) is 11.3. The van der Waals surface area contributed by atoms with Gasteiger partial charge in [0.1, 0.15) is 0 Å². The van der Waals surface area contributed by atoms with E-state index in [0.717, 1.165) is 24.3 Å². The number of nitrogens with one attached hydrogen (secondary N) is 1. The molecule has 1 heterocycles. The molecule has 1 aromatic carbocycles. The summed E-state index contributed by atoms with van der Waals surface area (Å²) in [6, 6.07) is 6.38. The van der Waals surface area contributed by atoms with Crippen molar-refractivity contribution in [1.29, 1.82) is 0 Å². The van der Waals surface area contributed by atoms with E-state index in [1.165, 1.54) is 11.1 Å². The van der Waals surface area contributed by atoms with Crippen molar-refractivity contribution in [3.8, 4) is 5.69 Å². The van der Waals surface area contributed by atoms with E-state index < -0.39 is 0 Å². The fourth-order valence-electron chi connectivity index (χ4n) is 1.87. The predicted octanol–water partition coefficient (Wildman–Crippen LogP) is 1.86. The summed E-state index contributed by atoms with van der Waals surface area (Å²) in [6.45, 7) is 5.04. The van der Waals surface area contributed by atoms with Crippen LogP contribution in [0.5, 0.6) is 0 Å². The quantitative estimate of drug-likeness (QED) is 0.871. The van der Waals surface area contributed by atoms with Crippen LogP contribution in [0.1, 0.15) is 23.7 Å². The molecule has 0 fully saturated rings. The van der Waals surface area contributed by atoms with E-state index in [4.69, 9.17) is 0 Å². The van der Waals surface area contributed by atoms with Gasteiger partial charge in [-0.2, -0.15) is 0 Å². The second-order valence-electron chi connectivity index (χ2n) is 4.15. The highest BCUT2D eigenvalue weighted by atomic mass is 15.4. The minimum atomic E-state index is 0.743. The van der Waals surface area contributed by atoms with E-state index in [1.807, 2.05) is 17.9 Å². The van der Waals surface area contributed by atoms with Crippen molar-refractivity contribution < 1.29 is 0 Å². The maximum Gasteiger partial charge on any atom is 0.0969 e. The fraction of sp³-hybridized carbons (Fsp3) is 0.385. The number of hydrogen-bond donors (Lipinski definition) is 1. The summed E-state index contributed by atoms with van der Waals surface area (Å²) in [5.41, 5.74) is 4.70. The van der Waals surface area contributed by atoms with Gasteiger partial charge < -0.3 is 5.32 Å². The van der Waals surface area contributed by atoms with Crippen molar-refractivity contribution in [2.24, 2.45) is 0 Å². The van der Waals surface area contributed by atoms with Crippen molar-refractivity contribution in [3.05, 3.63) is 41.2 Å². The first-order chi connectivity index (χ1) is 8.24.